The van der Waals surface area contributed by atoms with Gasteiger partial charge in [-0.05, 0) is 38.3 Å². The van der Waals surface area contributed by atoms with E-state index in [9.17, 15) is 0 Å². The molecule has 0 heterocycles. The highest BCUT2D eigenvalue weighted by atomic mass is 35.5. The van der Waals surface area contributed by atoms with Crippen molar-refractivity contribution in [2.75, 3.05) is 19.0 Å². The van der Waals surface area contributed by atoms with Crippen molar-refractivity contribution in [1.29, 1.82) is 0 Å². The van der Waals surface area contributed by atoms with E-state index in [0.29, 0.717) is 5.92 Å². The van der Waals surface area contributed by atoms with Gasteiger partial charge in [0.1, 0.15) is 0 Å². The summed E-state index contributed by atoms with van der Waals surface area (Å²) in [5, 5.41) is 3.55. The van der Waals surface area contributed by atoms with Crippen LogP contribution in [0.2, 0.25) is 0 Å². The monoisotopic (exact) mass is 303 g/mol. The van der Waals surface area contributed by atoms with E-state index < -0.39 is 0 Å². The number of alkyl halides is 1. The van der Waals surface area contributed by atoms with Crippen molar-refractivity contribution in [2.24, 2.45) is 5.92 Å². The first-order chi connectivity index (χ1) is 9.81. The van der Waals surface area contributed by atoms with Gasteiger partial charge in [0.25, 0.3) is 0 Å². The van der Waals surface area contributed by atoms with Gasteiger partial charge < -0.3 is 5.32 Å². The van der Waals surface area contributed by atoms with Crippen LogP contribution in [0.15, 0.2) is 0 Å². The number of halogens is 1. The lowest BCUT2D eigenvalue weighted by atomic mass is 10.1. The van der Waals surface area contributed by atoms with Gasteiger partial charge in [-0.1, -0.05) is 71.6 Å². The fourth-order valence-corrected chi connectivity index (χ4v) is 2.67. The Hall–Kier alpha value is 0.250. The highest BCUT2D eigenvalue weighted by Gasteiger charge is 1.98. The number of nitrogens with one attached hydrogen (secondary N) is 1. The van der Waals surface area contributed by atoms with Crippen molar-refractivity contribution >= 4 is 11.6 Å². The SMILES string of the molecule is CCCCCCCCCCCCNCCCC(C)CCl. The number of unbranched alkanes of at least 4 members (excludes halogenated alkanes) is 9. The van der Waals surface area contributed by atoms with Crippen LogP contribution >= 0.6 is 11.6 Å². The normalized spacial score (nSPS) is 12.8. The Morgan fingerprint density at radius 1 is 0.750 bits per heavy atom. The van der Waals surface area contributed by atoms with Crippen LogP contribution in [0.25, 0.3) is 0 Å². The van der Waals surface area contributed by atoms with Crippen molar-refractivity contribution in [3.05, 3.63) is 0 Å². The first-order valence-corrected chi connectivity index (χ1v) is 9.61. The number of rotatable bonds is 16. The van der Waals surface area contributed by atoms with Gasteiger partial charge in [-0.15, -0.1) is 11.6 Å². The Morgan fingerprint density at radius 3 is 1.80 bits per heavy atom. The van der Waals surface area contributed by atoms with Crippen LogP contribution < -0.4 is 5.32 Å². The van der Waals surface area contributed by atoms with E-state index in [4.69, 9.17) is 11.6 Å². The summed E-state index contributed by atoms with van der Waals surface area (Å²) in [6.07, 6.45) is 16.7. The Balaban J connectivity index is 2.96. The first-order valence-electron chi connectivity index (χ1n) is 9.08. The molecule has 1 atom stereocenters. The van der Waals surface area contributed by atoms with E-state index in [1.54, 1.807) is 0 Å². The summed E-state index contributed by atoms with van der Waals surface area (Å²) in [5.74, 6) is 1.48. The molecule has 0 saturated carbocycles. The highest BCUT2D eigenvalue weighted by molar-refractivity contribution is 6.18. The summed E-state index contributed by atoms with van der Waals surface area (Å²) in [6, 6.07) is 0. The highest BCUT2D eigenvalue weighted by Crippen LogP contribution is 2.10. The number of hydrogen-bond donors (Lipinski definition) is 1. The lowest BCUT2D eigenvalue weighted by Crippen LogP contribution is -2.17. The van der Waals surface area contributed by atoms with E-state index >= 15 is 0 Å². The largest absolute Gasteiger partial charge is 0.317 e. The average Bonchev–Trinajstić information content (AvgIpc) is 2.47. The predicted octanol–water partition coefficient (Wildman–Crippen LogP) is 6.15. The zero-order valence-electron chi connectivity index (χ0n) is 14.1. The Kier molecular flexibility index (Phi) is 17.5. The quantitative estimate of drug-likeness (QED) is 0.266. The van der Waals surface area contributed by atoms with Gasteiger partial charge in [-0.3, -0.25) is 0 Å². The molecule has 1 N–H and O–H groups in total. The third kappa shape index (κ3) is 16.3. The molecular formula is C18H38ClN. The maximum absolute atomic E-state index is 5.79. The van der Waals surface area contributed by atoms with Crippen LogP contribution in [0.3, 0.4) is 0 Å². The average molecular weight is 304 g/mol. The molecule has 0 saturated heterocycles. The lowest BCUT2D eigenvalue weighted by molar-refractivity contribution is 0.513. The van der Waals surface area contributed by atoms with Gasteiger partial charge in [-0.2, -0.15) is 0 Å². The maximum Gasteiger partial charge on any atom is 0.0249 e. The van der Waals surface area contributed by atoms with Gasteiger partial charge >= 0.3 is 0 Å². The molecule has 0 fully saturated rings. The molecule has 1 unspecified atom stereocenters. The molecule has 0 bridgehead atoms. The molecule has 0 amide bonds. The Morgan fingerprint density at radius 2 is 1.25 bits per heavy atom. The summed E-state index contributed by atoms with van der Waals surface area (Å²) < 4.78 is 0. The molecule has 0 aliphatic heterocycles. The molecule has 0 aliphatic rings. The minimum absolute atomic E-state index is 0.677. The second kappa shape index (κ2) is 17.3. The van der Waals surface area contributed by atoms with Crippen LogP contribution in [-0.2, 0) is 0 Å². The minimum Gasteiger partial charge on any atom is -0.317 e. The standard InChI is InChI=1S/C18H38ClN/c1-3-4-5-6-7-8-9-10-11-12-15-20-16-13-14-18(2)17-19/h18,20H,3-17H2,1-2H3. The van der Waals surface area contributed by atoms with Crippen LogP contribution in [0.5, 0.6) is 0 Å². The number of hydrogen-bond acceptors (Lipinski definition) is 1. The van der Waals surface area contributed by atoms with Crippen LogP contribution in [0.1, 0.15) is 90.9 Å². The predicted molar refractivity (Wildman–Crippen MR) is 93.8 cm³/mol. The fraction of sp³-hybridized carbons (Fsp3) is 1.00. The van der Waals surface area contributed by atoms with E-state index in [0.717, 1.165) is 5.88 Å². The molecule has 0 aliphatic carbocycles. The molecule has 1 nitrogen and oxygen atoms in total. The Labute approximate surface area is 133 Å². The van der Waals surface area contributed by atoms with Crippen molar-refractivity contribution in [3.8, 4) is 0 Å². The molecule has 20 heavy (non-hydrogen) atoms. The van der Waals surface area contributed by atoms with Crippen LogP contribution in [-0.4, -0.2) is 19.0 Å². The van der Waals surface area contributed by atoms with Crippen molar-refractivity contribution in [2.45, 2.75) is 90.9 Å². The summed E-state index contributed by atoms with van der Waals surface area (Å²) in [4.78, 5) is 0. The van der Waals surface area contributed by atoms with Gasteiger partial charge in [0, 0.05) is 5.88 Å². The minimum atomic E-state index is 0.677. The van der Waals surface area contributed by atoms with Crippen molar-refractivity contribution in [3.63, 3.8) is 0 Å². The van der Waals surface area contributed by atoms with E-state index in [2.05, 4.69) is 19.2 Å². The Bertz CT molecular complexity index is 173. The summed E-state index contributed by atoms with van der Waals surface area (Å²) >= 11 is 5.79. The second-order valence-corrected chi connectivity index (χ2v) is 6.64. The second-order valence-electron chi connectivity index (χ2n) is 6.33. The maximum atomic E-state index is 5.79. The van der Waals surface area contributed by atoms with Crippen LogP contribution in [0.4, 0.5) is 0 Å². The van der Waals surface area contributed by atoms with Crippen molar-refractivity contribution in [1.82, 2.24) is 5.32 Å². The van der Waals surface area contributed by atoms with Crippen molar-refractivity contribution < 1.29 is 0 Å². The van der Waals surface area contributed by atoms with E-state index in [1.165, 1.54) is 90.1 Å². The molecule has 0 aromatic carbocycles. The van der Waals surface area contributed by atoms with Crippen LogP contribution in [0, 0.1) is 5.92 Å². The molecule has 122 valence electrons. The van der Waals surface area contributed by atoms with Gasteiger partial charge in [-0.25, -0.2) is 0 Å². The summed E-state index contributed by atoms with van der Waals surface area (Å²) in [7, 11) is 0. The van der Waals surface area contributed by atoms with E-state index in [1.807, 2.05) is 0 Å². The molecular weight excluding hydrogens is 266 g/mol. The first kappa shape index (κ1) is 20.2. The molecule has 0 spiro atoms. The topological polar surface area (TPSA) is 12.0 Å². The zero-order chi connectivity index (χ0) is 14.9. The lowest BCUT2D eigenvalue weighted by Gasteiger charge is -2.08. The molecule has 0 rings (SSSR count). The molecule has 0 radical (unpaired) electrons. The molecule has 0 aromatic heterocycles. The summed E-state index contributed by atoms with van der Waals surface area (Å²) in [6.45, 7) is 6.88. The summed E-state index contributed by atoms with van der Waals surface area (Å²) in [5.41, 5.74) is 0. The molecule has 2 heteroatoms. The third-order valence-electron chi connectivity index (χ3n) is 4.02. The third-order valence-corrected chi connectivity index (χ3v) is 4.55. The fourth-order valence-electron chi connectivity index (χ4n) is 2.52. The van der Waals surface area contributed by atoms with Gasteiger partial charge in [0.05, 0.1) is 0 Å². The molecule has 0 aromatic rings. The van der Waals surface area contributed by atoms with Gasteiger partial charge in [0.2, 0.25) is 0 Å². The smallest absolute Gasteiger partial charge is 0.0249 e. The van der Waals surface area contributed by atoms with Gasteiger partial charge in [0.15, 0.2) is 0 Å². The zero-order valence-corrected chi connectivity index (χ0v) is 14.8. The van der Waals surface area contributed by atoms with E-state index in [-0.39, 0.29) is 0 Å².